The summed E-state index contributed by atoms with van der Waals surface area (Å²) in [5.74, 6) is 0.870. The molecule has 8 heteroatoms. The second-order valence-electron chi connectivity index (χ2n) is 6.93. The van der Waals surface area contributed by atoms with Gasteiger partial charge in [-0.05, 0) is 43.8 Å². The molecular formula is C21H24ClN3O4. The molecular weight excluding hydrogens is 394 g/mol. The van der Waals surface area contributed by atoms with Gasteiger partial charge in [0, 0.05) is 17.3 Å². The summed E-state index contributed by atoms with van der Waals surface area (Å²) in [7, 11) is 1.82. The number of anilines is 1. The largest absolute Gasteiger partial charge is 0.486 e. The molecule has 2 aromatic carbocycles. The van der Waals surface area contributed by atoms with E-state index in [-0.39, 0.29) is 31.0 Å². The maximum Gasteiger partial charge on any atom is 0.243 e. The predicted octanol–water partition coefficient (Wildman–Crippen LogP) is 2.47. The van der Waals surface area contributed by atoms with Crippen LogP contribution in [0.4, 0.5) is 5.69 Å². The van der Waals surface area contributed by atoms with Crippen LogP contribution < -0.4 is 20.1 Å². The molecule has 0 saturated carbocycles. The minimum atomic E-state index is -0.313. The summed E-state index contributed by atoms with van der Waals surface area (Å²) in [5, 5.41) is 5.94. The van der Waals surface area contributed by atoms with Crippen LogP contribution in [0.3, 0.4) is 0 Å². The number of halogens is 1. The van der Waals surface area contributed by atoms with E-state index in [1.165, 1.54) is 0 Å². The van der Waals surface area contributed by atoms with Crippen molar-refractivity contribution in [2.75, 3.05) is 38.6 Å². The molecule has 3 rings (SSSR count). The number of fused-ring (bicyclic) bond motifs is 1. The molecule has 0 aromatic heterocycles. The summed E-state index contributed by atoms with van der Waals surface area (Å²) in [6.07, 6.45) is -0.170. The highest BCUT2D eigenvalue weighted by molar-refractivity contribution is 6.31. The first-order chi connectivity index (χ1) is 13.9. The Morgan fingerprint density at radius 3 is 2.69 bits per heavy atom. The zero-order chi connectivity index (χ0) is 20.8. The second kappa shape index (κ2) is 9.62. The highest BCUT2D eigenvalue weighted by Crippen LogP contribution is 2.30. The normalized spacial score (nSPS) is 15.1. The van der Waals surface area contributed by atoms with E-state index in [0.29, 0.717) is 29.6 Å². The lowest BCUT2D eigenvalue weighted by Gasteiger charge is -2.29. The van der Waals surface area contributed by atoms with Crippen LogP contribution in [0, 0.1) is 6.92 Å². The van der Waals surface area contributed by atoms with Crippen molar-refractivity contribution in [2.45, 2.75) is 13.0 Å². The summed E-state index contributed by atoms with van der Waals surface area (Å²) >= 11 is 6.04. The van der Waals surface area contributed by atoms with E-state index in [9.17, 15) is 9.59 Å². The molecule has 29 heavy (non-hydrogen) atoms. The fourth-order valence-electron chi connectivity index (χ4n) is 2.98. The molecule has 1 aliphatic heterocycles. The SMILES string of the molecule is Cc1c(Cl)cccc1NC(=O)CNC(=O)CN(C)CC1COc2ccccc2O1. The summed E-state index contributed by atoms with van der Waals surface area (Å²) in [6, 6.07) is 12.8. The molecule has 1 unspecified atom stereocenters. The number of benzene rings is 2. The third-order valence-electron chi connectivity index (χ3n) is 4.48. The Balaban J connectivity index is 1.40. The molecule has 1 atom stereocenters. The van der Waals surface area contributed by atoms with Gasteiger partial charge in [-0.15, -0.1) is 0 Å². The Bertz CT molecular complexity index is 890. The summed E-state index contributed by atoms with van der Waals surface area (Å²) in [4.78, 5) is 26.1. The van der Waals surface area contributed by atoms with Gasteiger partial charge in [-0.2, -0.15) is 0 Å². The minimum Gasteiger partial charge on any atom is -0.486 e. The number of nitrogens with zero attached hydrogens (tertiary/aromatic N) is 1. The first-order valence-electron chi connectivity index (χ1n) is 9.31. The van der Waals surface area contributed by atoms with Crippen LogP contribution in [-0.2, 0) is 9.59 Å². The van der Waals surface area contributed by atoms with Crippen molar-refractivity contribution in [1.29, 1.82) is 0 Å². The van der Waals surface area contributed by atoms with Crippen LogP contribution in [0.2, 0.25) is 5.02 Å². The molecule has 2 aromatic rings. The molecule has 0 saturated heterocycles. The van der Waals surface area contributed by atoms with Crippen LogP contribution in [-0.4, -0.2) is 56.1 Å². The molecule has 0 fully saturated rings. The number of hydrogen-bond donors (Lipinski definition) is 2. The number of para-hydroxylation sites is 2. The molecule has 0 aliphatic carbocycles. The van der Waals surface area contributed by atoms with Crippen molar-refractivity contribution in [3.8, 4) is 11.5 Å². The van der Waals surface area contributed by atoms with Crippen LogP contribution in [0.25, 0.3) is 0 Å². The molecule has 1 heterocycles. The lowest BCUT2D eigenvalue weighted by molar-refractivity contribution is -0.125. The van der Waals surface area contributed by atoms with Gasteiger partial charge in [0.25, 0.3) is 0 Å². The van der Waals surface area contributed by atoms with E-state index in [0.717, 1.165) is 11.3 Å². The Morgan fingerprint density at radius 2 is 1.90 bits per heavy atom. The average molecular weight is 418 g/mol. The number of rotatable bonds is 7. The third kappa shape index (κ3) is 5.85. The lowest BCUT2D eigenvalue weighted by atomic mass is 10.2. The van der Waals surface area contributed by atoms with E-state index in [2.05, 4.69) is 10.6 Å². The van der Waals surface area contributed by atoms with Crippen molar-refractivity contribution in [3.63, 3.8) is 0 Å². The van der Waals surface area contributed by atoms with E-state index in [1.54, 1.807) is 18.2 Å². The summed E-state index contributed by atoms with van der Waals surface area (Å²) in [6.45, 7) is 2.79. The molecule has 1 aliphatic rings. The van der Waals surface area contributed by atoms with E-state index in [1.807, 2.05) is 43.1 Å². The van der Waals surface area contributed by atoms with Gasteiger partial charge in [0.15, 0.2) is 11.5 Å². The van der Waals surface area contributed by atoms with Gasteiger partial charge in [0.05, 0.1) is 13.1 Å². The zero-order valence-electron chi connectivity index (χ0n) is 16.4. The van der Waals surface area contributed by atoms with E-state index >= 15 is 0 Å². The fourth-order valence-corrected chi connectivity index (χ4v) is 3.16. The minimum absolute atomic E-state index is 0.116. The van der Waals surface area contributed by atoms with Crippen LogP contribution >= 0.6 is 11.6 Å². The zero-order valence-corrected chi connectivity index (χ0v) is 17.2. The highest BCUT2D eigenvalue weighted by atomic mass is 35.5. The lowest BCUT2D eigenvalue weighted by Crippen LogP contribution is -2.44. The number of ether oxygens (including phenoxy) is 2. The molecule has 154 valence electrons. The summed E-state index contributed by atoms with van der Waals surface area (Å²) < 4.78 is 11.6. The van der Waals surface area contributed by atoms with Gasteiger partial charge in [0.2, 0.25) is 11.8 Å². The Hall–Kier alpha value is -2.77. The highest BCUT2D eigenvalue weighted by Gasteiger charge is 2.22. The van der Waals surface area contributed by atoms with Crippen LogP contribution in [0.1, 0.15) is 5.56 Å². The van der Waals surface area contributed by atoms with Gasteiger partial charge < -0.3 is 20.1 Å². The van der Waals surface area contributed by atoms with Gasteiger partial charge >= 0.3 is 0 Å². The van der Waals surface area contributed by atoms with Crippen molar-refractivity contribution >= 4 is 29.1 Å². The quantitative estimate of drug-likeness (QED) is 0.723. The van der Waals surface area contributed by atoms with Crippen molar-refractivity contribution < 1.29 is 19.1 Å². The van der Waals surface area contributed by atoms with Crippen LogP contribution in [0.5, 0.6) is 11.5 Å². The number of carbonyl (C=O) groups is 2. The van der Waals surface area contributed by atoms with E-state index < -0.39 is 0 Å². The third-order valence-corrected chi connectivity index (χ3v) is 4.89. The predicted molar refractivity (Wildman–Crippen MR) is 112 cm³/mol. The fraction of sp³-hybridized carbons (Fsp3) is 0.333. The van der Waals surface area contributed by atoms with Crippen molar-refractivity contribution in [3.05, 3.63) is 53.1 Å². The first kappa shape index (κ1) is 21.0. The number of nitrogens with one attached hydrogen (secondary N) is 2. The molecule has 0 radical (unpaired) electrons. The Morgan fingerprint density at radius 1 is 1.14 bits per heavy atom. The molecule has 0 spiro atoms. The smallest absolute Gasteiger partial charge is 0.243 e. The number of carbonyl (C=O) groups excluding carboxylic acids is 2. The van der Waals surface area contributed by atoms with Crippen molar-refractivity contribution in [2.24, 2.45) is 0 Å². The van der Waals surface area contributed by atoms with Crippen LogP contribution in [0.15, 0.2) is 42.5 Å². The Labute approximate surface area is 174 Å². The molecule has 2 amide bonds. The molecule has 0 bridgehead atoms. The van der Waals surface area contributed by atoms with Gasteiger partial charge in [0.1, 0.15) is 12.7 Å². The molecule has 2 N–H and O–H groups in total. The first-order valence-corrected chi connectivity index (χ1v) is 9.69. The number of amides is 2. The summed E-state index contributed by atoms with van der Waals surface area (Å²) in [5.41, 5.74) is 1.41. The van der Waals surface area contributed by atoms with Gasteiger partial charge in [-0.3, -0.25) is 14.5 Å². The standard InChI is InChI=1S/C21H24ClN3O4/c1-14-16(22)6-5-7-17(14)24-20(26)10-23-21(27)12-25(2)11-15-13-28-18-8-3-4-9-19(18)29-15/h3-9,15H,10-13H2,1-2H3,(H,23,27)(H,24,26). The van der Waals surface area contributed by atoms with Gasteiger partial charge in [-0.25, -0.2) is 0 Å². The maximum absolute atomic E-state index is 12.1. The molecule has 7 nitrogen and oxygen atoms in total. The van der Waals surface area contributed by atoms with E-state index in [4.69, 9.17) is 21.1 Å². The van der Waals surface area contributed by atoms with Gasteiger partial charge in [-0.1, -0.05) is 29.8 Å². The topological polar surface area (TPSA) is 79.9 Å². The number of hydrogen-bond acceptors (Lipinski definition) is 5. The Kier molecular flexibility index (Phi) is 6.95. The maximum atomic E-state index is 12.1. The number of likely N-dealkylation sites (N-methyl/N-ethyl adjacent to an activating group) is 1. The second-order valence-corrected chi connectivity index (χ2v) is 7.34. The monoisotopic (exact) mass is 417 g/mol. The average Bonchev–Trinajstić information content (AvgIpc) is 2.70. The van der Waals surface area contributed by atoms with Crippen molar-refractivity contribution in [1.82, 2.24) is 10.2 Å².